The molecule has 1 spiro atoms. The maximum atomic E-state index is 13.8. The summed E-state index contributed by atoms with van der Waals surface area (Å²) in [5.41, 5.74) is -0.872. The van der Waals surface area contributed by atoms with Gasteiger partial charge < -0.3 is 5.32 Å². The van der Waals surface area contributed by atoms with E-state index in [2.05, 4.69) is 5.32 Å². The average molecular weight is 308 g/mol. The molecule has 2 fully saturated rings. The Kier molecular flexibility index (Phi) is 3.62. The zero-order valence-corrected chi connectivity index (χ0v) is 12.4. The first-order valence-corrected chi connectivity index (χ1v) is 7.53. The van der Waals surface area contributed by atoms with Crippen LogP contribution in [0.15, 0.2) is 18.2 Å². The van der Waals surface area contributed by atoms with Gasteiger partial charge in [0.2, 0.25) is 0 Å². The van der Waals surface area contributed by atoms with Crippen molar-refractivity contribution in [1.29, 1.82) is 0 Å². The number of halogens is 2. The topological polar surface area (TPSA) is 49.4 Å². The van der Waals surface area contributed by atoms with Crippen LogP contribution in [-0.4, -0.2) is 22.4 Å². The van der Waals surface area contributed by atoms with Crippen LogP contribution >= 0.6 is 0 Å². The van der Waals surface area contributed by atoms with Gasteiger partial charge in [0.15, 0.2) is 11.6 Å². The molecule has 1 saturated carbocycles. The van der Waals surface area contributed by atoms with Crippen LogP contribution in [-0.2, 0) is 11.3 Å². The molecule has 2 unspecified atom stereocenters. The van der Waals surface area contributed by atoms with E-state index in [9.17, 15) is 18.4 Å². The van der Waals surface area contributed by atoms with Crippen LogP contribution in [0, 0.1) is 17.6 Å². The van der Waals surface area contributed by atoms with Gasteiger partial charge in [-0.2, -0.15) is 0 Å². The van der Waals surface area contributed by atoms with Crippen LogP contribution in [0.25, 0.3) is 0 Å². The smallest absolute Gasteiger partial charge is 0.323 e. The zero-order valence-electron chi connectivity index (χ0n) is 12.4. The molecule has 0 aromatic heterocycles. The van der Waals surface area contributed by atoms with E-state index in [0.29, 0.717) is 6.42 Å². The van der Waals surface area contributed by atoms with Gasteiger partial charge in [-0.05, 0) is 24.8 Å². The Labute approximate surface area is 127 Å². The summed E-state index contributed by atoms with van der Waals surface area (Å²) in [5, 5.41) is 2.79. The lowest BCUT2D eigenvalue weighted by Crippen LogP contribution is -2.53. The van der Waals surface area contributed by atoms with Gasteiger partial charge in [-0.15, -0.1) is 0 Å². The van der Waals surface area contributed by atoms with Gasteiger partial charge >= 0.3 is 6.03 Å². The molecule has 22 heavy (non-hydrogen) atoms. The van der Waals surface area contributed by atoms with E-state index in [0.717, 1.165) is 30.2 Å². The Hall–Kier alpha value is -1.98. The minimum absolute atomic E-state index is 0.00372. The van der Waals surface area contributed by atoms with Crippen molar-refractivity contribution in [3.05, 3.63) is 35.4 Å². The van der Waals surface area contributed by atoms with E-state index in [1.54, 1.807) is 0 Å². The lowest BCUT2D eigenvalue weighted by Gasteiger charge is -2.36. The highest BCUT2D eigenvalue weighted by Gasteiger charge is 2.54. The zero-order chi connectivity index (χ0) is 15.9. The molecule has 3 rings (SSSR count). The van der Waals surface area contributed by atoms with Crippen molar-refractivity contribution in [1.82, 2.24) is 10.2 Å². The SMILES string of the molecule is CC1CCCCC12NC(=O)N(Cc1cccc(F)c1F)C2=O. The van der Waals surface area contributed by atoms with Crippen molar-refractivity contribution in [2.45, 2.75) is 44.7 Å². The second-order valence-electron chi connectivity index (χ2n) is 6.15. The van der Waals surface area contributed by atoms with Crippen LogP contribution in [0.3, 0.4) is 0 Å². The molecule has 1 aliphatic carbocycles. The number of carbonyl (C=O) groups is 2. The Balaban J connectivity index is 1.87. The Bertz CT molecular complexity index is 635. The number of carbonyl (C=O) groups excluding carboxylic acids is 2. The van der Waals surface area contributed by atoms with Gasteiger partial charge in [0.05, 0.1) is 6.54 Å². The molecule has 1 aromatic rings. The summed E-state index contributed by atoms with van der Waals surface area (Å²) < 4.78 is 27.1. The molecule has 4 nitrogen and oxygen atoms in total. The average Bonchev–Trinajstić information content (AvgIpc) is 2.72. The first-order valence-electron chi connectivity index (χ1n) is 7.53. The maximum Gasteiger partial charge on any atom is 0.325 e. The second kappa shape index (κ2) is 5.34. The summed E-state index contributed by atoms with van der Waals surface area (Å²) in [6.45, 7) is 1.70. The van der Waals surface area contributed by atoms with E-state index < -0.39 is 23.2 Å². The molecule has 3 amide bonds. The largest absolute Gasteiger partial charge is 0.325 e. The van der Waals surface area contributed by atoms with Crippen molar-refractivity contribution >= 4 is 11.9 Å². The minimum atomic E-state index is -1.01. The molecule has 118 valence electrons. The maximum absolute atomic E-state index is 13.8. The van der Waals surface area contributed by atoms with E-state index >= 15 is 0 Å². The van der Waals surface area contributed by atoms with Gasteiger partial charge in [-0.3, -0.25) is 9.69 Å². The van der Waals surface area contributed by atoms with E-state index in [1.807, 2.05) is 6.92 Å². The molecule has 2 aliphatic rings. The van der Waals surface area contributed by atoms with Gasteiger partial charge in [0.1, 0.15) is 5.54 Å². The van der Waals surface area contributed by atoms with Crippen molar-refractivity contribution in [2.75, 3.05) is 0 Å². The third kappa shape index (κ3) is 2.17. The van der Waals surface area contributed by atoms with E-state index in [4.69, 9.17) is 0 Å². The molecule has 1 aromatic carbocycles. The Morgan fingerprint density at radius 1 is 1.32 bits per heavy atom. The Morgan fingerprint density at radius 3 is 2.82 bits per heavy atom. The molecule has 0 radical (unpaired) electrons. The number of amides is 3. The molecule has 1 N–H and O–H groups in total. The fourth-order valence-corrected chi connectivity index (χ4v) is 3.48. The first-order chi connectivity index (χ1) is 10.5. The van der Waals surface area contributed by atoms with Crippen molar-refractivity contribution in [2.24, 2.45) is 5.92 Å². The Morgan fingerprint density at radius 2 is 2.09 bits per heavy atom. The predicted octanol–water partition coefficient (Wildman–Crippen LogP) is 2.97. The predicted molar refractivity (Wildman–Crippen MR) is 75.8 cm³/mol. The summed E-state index contributed by atoms with van der Waals surface area (Å²) in [4.78, 5) is 25.9. The molecule has 2 atom stereocenters. The molecular formula is C16H18F2N2O2. The first kappa shape index (κ1) is 14.9. The summed E-state index contributed by atoms with van der Waals surface area (Å²) in [6, 6.07) is 3.23. The molecule has 6 heteroatoms. The molecule has 1 aliphatic heterocycles. The molecule has 1 saturated heterocycles. The standard InChI is InChI=1S/C16H18F2N2O2/c1-10-5-2-3-8-16(10)14(21)20(15(22)19-16)9-11-6-4-7-12(17)13(11)18/h4,6-7,10H,2-3,5,8-9H2,1H3,(H,19,22). The monoisotopic (exact) mass is 308 g/mol. The number of urea groups is 1. The third-order valence-electron chi connectivity index (χ3n) is 4.86. The number of imide groups is 1. The van der Waals surface area contributed by atoms with Crippen molar-refractivity contribution < 1.29 is 18.4 Å². The van der Waals surface area contributed by atoms with Crippen LogP contribution in [0.4, 0.5) is 13.6 Å². The van der Waals surface area contributed by atoms with E-state index in [1.165, 1.54) is 12.1 Å². The number of hydrogen-bond donors (Lipinski definition) is 1. The summed E-state index contributed by atoms with van der Waals surface area (Å²) in [5.74, 6) is -2.28. The normalized spacial score (nSPS) is 28.3. The summed E-state index contributed by atoms with van der Waals surface area (Å²) >= 11 is 0. The molecule has 1 heterocycles. The quantitative estimate of drug-likeness (QED) is 0.854. The van der Waals surface area contributed by atoms with Gasteiger partial charge in [-0.25, -0.2) is 13.6 Å². The number of nitrogens with zero attached hydrogens (tertiary/aromatic N) is 1. The third-order valence-corrected chi connectivity index (χ3v) is 4.86. The van der Waals surface area contributed by atoms with Crippen LogP contribution in [0.5, 0.6) is 0 Å². The molecule has 0 bridgehead atoms. The van der Waals surface area contributed by atoms with Gasteiger partial charge in [0, 0.05) is 5.56 Å². The lowest BCUT2D eigenvalue weighted by molar-refractivity contribution is -0.134. The highest BCUT2D eigenvalue weighted by molar-refractivity contribution is 6.07. The minimum Gasteiger partial charge on any atom is -0.323 e. The number of rotatable bonds is 2. The van der Waals surface area contributed by atoms with Crippen molar-refractivity contribution in [3.63, 3.8) is 0 Å². The highest BCUT2D eigenvalue weighted by atomic mass is 19.2. The summed E-state index contributed by atoms with van der Waals surface area (Å²) in [6.07, 6.45) is 3.37. The van der Waals surface area contributed by atoms with Gasteiger partial charge in [0.25, 0.3) is 5.91 Å². The van der Waals surface area contributed by atoms with Crippen LogP contribution < -0.4 is 5.32 Å². The van der Waals surface area contributed by atoms with Gasteiger partial charge in [-0.1, -0.05) is 31.9 Å². The fraction of sp³-hybridized carbons (Fsp3) is 0.500. The summed E-state index contributed by atoms with van der Waals surface area (Å²) in [7, 11) is 0. The number of nitrogens with one attached hydrogen (secondary N) is 1. The highest BCUT2D eigenvalue weighted by Crippen LogP contribution is 2.38. The number of hydrogen-bond acceptors (Lipinski definition) is 2. The van der Waals surface area contributed by atoms with E-state index in [-0.39, 0.29) is 23.9 Å². The molecular weight excluding hydrogens is 290 g/mol. The number of benzene rings is 1. The van der Waals surface area contributed by atoms with Crippen LogP contribution in [0.1, 0.15) is 38.2 Å². The second-order valence-corrected chi connectivity index (χ2v) is 6.15. The van der Waals surface area contributed by atoms with Crippen LogP contribution in [0.2, 0.25) is 0 Å². The lowest BCUT2D eigenvalue weighted by atomic mass is 9.73. The fourth-order valence-electron chi connectivity index (χ4n) is 3.48. The van der Waals surface area contributed by atoms with Crippen molar-refractivity contribution in [3.8, 4) is 0 Å².